The quantitative estimate of drug-likeness (QED) is 0.371. The summed E-state index contributed by atoms with van der Waals surface area (Å²) in [4.78, 5) is 40.9. The van der Waals surface area contributed by atoms with Crippen LogP contribution in [0.25, 0.3) is 11.1 Å². The molecule has 0 saturated carbocycles. The molecule has 1 aliphatic carbocycles. The summed E-state index contributed by atoms with van der Waals surface area (Å²) in [6.45, 7) is -1.69. The largest absolute Gasteiger partial charge is 0.436 e. The number of aromatic nitrogens is 2. The standard InChI is InChI=1S/C28H25F4N5O4/c1-35-13-20(12-33-35)16-3-5-22-18(10-16)6-8-26(22)24(39)36(25(40)34-26)15-23(38)37-14-19-2-4-21(29)11-17(19)7-9-27(37,41)28(30,31)32/h2-5,10-13,41H,6-9,14-15H2,1H3,(H,34,40). The summed E-state index contributed by atoms with van der Waals surface area (Å²) in [5, 5.41) is 17.6. The molecule has 0 radical (unpaired) electrons. The van der Waals surface area contributed by atoms with Crippen LogP contribution in [0.1, 0.15) is 35.1 Å². The smallest absolute Gasteiger partial charge is 0.363 e. The normalized spacial score (nSPS) is 24.0. The van der Waals surface area contributed by atoms with E-state index in [1.165, 1.54) is 6.07 Å². The van der Waals surface area contributed by atoms with E-state index in [0.29, 0.717) is 16.9 Å². The summed E-state index contributed by atoms with van der Waals surface area (Å²) >= 11 is 0. The predicted octanol–water partition coefficient (Wildman–Crippen LogP) is 3.15. The third-order valence-corrected chi connectivity index (χ3v) is 8.28. The Morgan fingerprint density at radius 1 is 1.05 bits per heavy atom. The first kappa shape index (κ1) is 26.9. The van der Waals surface area contributed by atoms with Crippen molar-refractivity contribution >= 4 is 17.8 Å². The summed E-state index contributed by atoms with van der Waals surface area (Å²) in [6.07, 6.45) is -2.33. The van der Waals surface area contributed by atoms with Crippen molar-refractivity contribution < 1.29 is 37.1 Å². The highest BCUT2D eigenvalue weighted by molar-refractivity contribution is 6.10. The van der Waals surface area contributed by atoms with Gasteiger partial charge < -0.3 is 15.3 Å². The Hall–Kier alpha value is -4.26. The van der Waals surface area contributed by atoms with Crippen molar-refractivity contribution in [2.45, 2.75) is 49.7 Å². The van der Waals surface area contributed by atoms with Gasteiger partial charge in [-0.15, -0.1) is 0 Å². The molecule has 0 bridgehead atoms. The summed E-state index contributed by atoms with van der Waals surface area (Å²) in [6, 6.07) is 7.87. The number of nitrogens with zero attached hydrogens (tertiary/aromatic N) is 4. The molecule has 2 aliphatic heterocycles. The lowest BCUT2D eigenvalue weighted by atomic mass is 9.90. The fraction of sp³-hybridized carbons (Fsp3) is 0.357. The third-order valence-electron chi connectivity index (χ3n) is 8.28. The molecule has 2 unspecified atom stereocenters. The molecule has 2 atom stereocenters. The molecule has 3 aromatic rings. The number of amides is 4. The van der Waals surface area contributed by atoms with E-state index >= 15 is 0 Å². The summed E-state index contributed by atoms with van der Waals surface area (Å²) < 4.78 is 57.9. The van der Waals surface area contributed by atoms with E-state index < -0.39 is 60.6 Å². The van der Waals surface area contributed by atoms with E-state index in [1.54, 1.807) is 30.1 Å². The molecule has 1 spiro atoms. The molecule has 3 aliphatic rings. The van der Waals surface area contributed by atoms with Crippen LogP contribution < -0.4 is 5.32 Å². The molecule has 2 N–H and O–H groups in total. The summed E-state index contributed by atoms with van der Waals surface area (Å²) in [5.74, 6) is -2.68. The van der Waals surface area contributed by atoms with Gasteiger partial charge in [-0.05, 0) is 59.2 Å². The Balaban J connectivity index is 1.28. The Bertz CT molecular complexity index is 1600. The van der Waals surface area contributed by atoms with Gasteiger partial charge in [-0.25, -0.2) is 9.18 Å². The van der Waals surface area contributed by atoms with Crippen LogP contribution in [0.5, 0.6) is 0 Å². The molecule has 4 amide bonds. The van der Waals surface area contributed by atoms with Crippen LogP contribution in [0.15, 0.2) is 48.8 Å². The number of aryl methyl sites for hydroxylation is 3. The first-order valence-corrected chi connectivity index (χ1v) is 13.0. The molecule has 6 rings (SSSR count). The molecular weight excluding hydrogens is 546 g/mol. The maximum Gasteiger partial charge on any atom is 0.436 e. The second-order valence-electron chi connectivity index (χ2n) is 10.7. The molecule has 1 fully saturated rings. The summed E-state index contributed by atoms with van der Waals surface area (Å²) in [7, 11) is 1.79. The molecule has 13 heteroatoms. The Kier molecular flexibility index (Phi) is 6.00. The SMILES string of the molecule is Cn1cc(-c2ccc3c(c2)CCC32NC(=O)N(CC(=O)N3Cc4ccc(F)cc4CCC3(O)C(F)(F)F)C2=O)cn1. The van der Waals surface area contributed by atoms with Crippen LogP contribution in [-0.2, 0) is 41.6 Å². The zero-order valence-corrected chi connectivity index (χ0v) is 21.8. The highest BCUT2D eigenvalue weighted by atomic mass is 19.4. The van der Waals surface area contributed by atoms with Crippen LogP contribution in [0.2, 0.25) is 0 Å². The second kappa shape index (κ2) is 9.13. The number of rotatable bonds is 3. The predicted molar refractivity (Wildman–Crippen MR) is 135 cm³/mol. The first-order valence-electron chi connectivity index (χ1n) is 13.0. The van der Waals surface area contributed by atoms with Gasteiger partial charge in [0.15, 0.2) is 0 Å². The minimum atomic E-state index is -5.25. The van der Waals surface area contributed by atoms with Crippen LogP contribution in [0.4, 0.5) is 22.4 Å². The average Bonchev–Trinajstić information content (AvgIpc) is 3.54. The van der Waals surface area contributed by atoms with Crippen molar-refractivity contribution in [3.63, 3.8) is 0 Å². The molecule has 1 aromatic heterocycles. The second-order valence-corrected chi connectivity index (χ2v) is 10.7. The maximum absolute atomic E-state index is 14.2. The number of imide groups is 1. The summed E-state index contributed by atoms with van der Waals surface area (Å²) in [5.41, 5.74) is -1.49. The van der Waals surface area contributed by atoms with Gasteiger partial charge in [-0.2, -0.15) is 18.3 Å². The lowest BCUT2D eigenvalue weighted by Gasteiger charge is -2.40. The topological polar surface area (TPSA) is 108 Å². The zero-order valence-electron chi connectivity index (χ0n) is 21.8. The number of halogens is 4. The molecular formula is C28H25F4N5O4. The van der Waals surface area contributed by atoms with Crippen molar-refractivity contribution in [3.8, 4) is 11.1 Å². The van der Waals surface area contributed by atoms with Crippen molar-refractivity contribution in [2.75, 3.05) is 6.54 Å². The number of benzene rings is 2. The minimum Gasteiger partial charge on any atom is -0.363 e. The van der Waals surface area contributed by atoms with Crippen molar-refractivity contribution in [2.24, 2.45) is 7.05 Å². The number of fused-ring (bicyclic) bond motifs is 3. The number of aliphatic hydroxyl groups is 1. The van der Waals surface area contributed by atoms with E-state index in [9.17, 15) is 37.1 Å². The fourth-order valence-electron chi connectivity index (χ4n) is 6.08. The van der Waals surface area contributed by atoms with Gasteiger partial charge in [0.25, 0.3) is 5.91 Å². The molecule has 1 saturated heterocycles. The number of hydrogen-bond donors (Lipinski definition) is 2. The number of nitrogens with one attached hydrogen (secondary N) is 1. The van der Waals surface area contributed by atoms with Gasteiger partial charge in [-0.3, -0.25) is 19.2 Å². The molecule has 2 aromatic carbocycles. The number of carbonyl (C=O) groups is 3. The lowest BCUT2D eigenvalue weighted by molar-refractivity contribution is -0.313. The zero-order chi connectivity index (χ0) is 29.3. The Morgan fingerprint density at radius 2 is 1.80 bits per heavy atom. The molecule has 3 heterocycles. The van der Waals surface area contributed by atoms with E-state index in [0.717, 1.165) is 28.8 Å². The van der Waals surface area contributed by atoms with Crippen LogP contribution >= 0.6 is 0 Å². The highest BCUT2D eigenvalue weighted by Gasteiger charge is 2.61. The Morgan fingerprint density at radius 3 is 2.51 bits per heavy atom. The van der Waals surface area contributed by atoms with Gasteiger partial charge >= 0.3 is 12.2 Å². The van der Waals surface area contributed by atoms with Gasteiger partial charge in [0.05, 0.1) is 6.20 Å². The van der Waals surface area contributed by atoms with Gasteiger partial charge in [0.2, 0.25) is 11.6 Å². The van der Waals surface area contributed by atoms with Crippen molar-refractivity contribution in [3.05, 3.63) is 76.9 Å². The van der Waals surface area contributed by atoms with Gasteiger partial charge in [0.1, 0.15) is 17.9 Å². The van der Waals surface area contributed by atoms with Gasteiger partial charge in [0, 0.05) is 31.8 Å². The van der Waals surface area contributed by atoms with Gasteiger partial charge in [-0.1, -0.05) is 24.3 Å². The van der Waals surface area contributed by atoms with E-state index in [2.05, 4.69) is 10.4 Å². The van der Waals surface area contributed by atoms with Crippen LogP contribution in [0.3, 0.4) is 0 Å². The number of hydrogen-bond acceptors (Lipinski definition) is 5. The first-order chi connectivity index (χ1) is 19.3. The number of urea groups is 1. The van der Waals surface area contributed by atoms with E-state index in [4.69, 9.17) is 0 Å². The number of carbonyl (C=O) groups excluding carboxylic acids is 3. The molecule has 214 valence electrons. The average molecular weight is 572 g/mol. The van der Waals surface area contributed by atoms with Crippen LogP contribution in [0, 0.1) is 5.82 Å². The van der Waals surface area contributed by atoms with Crippen molar-refractivity contribution in [1.29, 1.82) is 0 Å². The fourth-order valence-corrected chi connectivity index (χ4v) is 6.08. The maximum atomic E-state index is 14.2. The molecule has 9 nitrogen and oxygen atoms in total. The van der Waals surface area contributed by atoms with E-state index in [1.807, 2.05) is 12.3 Å². The number of alkyl halides is 3. The minimum absolute atomic E-state index is 0.212. The third kappa shape index (κ3) is 4.17. The lowest BCUT2D eigenvalue weighted by Crippen LogP contribution is -2.62. The van der Waals surface area contributed by atoms with Crippen molar-refractivity contribution in [1.82, 2.24) is 24.9 Å². The molecule has 41 heavy (non-hydrogen) atoms. The van der Waals surface area contributed by atoms with Crippen LogP contribution in [-0.4, -0.2) is 61.0 Å². The Labute approximate surface area is 231 Å². The highest BCUT2D eigenvalue weighted by Crippen LogP contribution is 2.44. The van der Waals surface area contributed by atoms with E-state index in [-0.39, 0.29) is 28.9 Å². The monoisotopic (exact) mass is 571 g/mol.